The zero-order chi connectivity index (χ0) is 25.2. The number of likely N-dealkylation sites (N-methyl/N-ethyl adjacent to an activating group) is 1. The lowest BCUT2D eigenvalue weighted by molar-refractivity contribution is -0.117. The second-order valence-corrected chi connectivity index (χ2v) is 12.2. The Morgan fingerprint density at radius 1 is 1.09 bits per heavy atom. The topological polar surface area (TPSA) is 83.0 Å². The van der Waals surface area contributed by atoms with Crippen LogP contribution in [0.1, 0.15) is 72.1 Å². The Morgan fingerprint density at radius 3 is 2.66 bits per heavy atom. The van der Waals surface area contributed by atoms with Crippen LogP contribution in [0.2, 0.25) is 0 Å². The van der Waals surface area contributed by atoms with Gasteiger partial charge in [-0.15, -0.1) is 0 Å². The molecule has 3 saturated carbocycles. The van der Waals surface area contributed by atoms with Crippen molar-refractivity contribution >= 4 is 17.6 Å². The molecule has 0 aromatic heterocycles. The number of carbonyl (C=O) groups excluding carboxylic acids is 2. The number of ketones is 1. The molecular weight excluding hydrogens is 440 g/mol. The van der Waals surface area contributed by atoms with Crippen LogP contribution in [-0.4, -0.2) is 62.8 Å². The average molecular weight is 487 g/mol. The van der Waals surface area contributed by atoms with Crippen LogP contribution >= 0.6 is 0 Å². The van der Waals surface area contributed by atoms with E-state index in [4.69, 9.17) is 4.84 Å². The van der Waals surface area contributed by atoms with Crippen molar-refractivity contribution in [2.24, 2.45) is 39.7 Å². The van der Waals surface area contributed by atoms with Crippen LogP contribution < -0.4 is 10.6 Å². The Hall–Kier alpha value is -1.73. The molecule has 0 radical (unpaired) electrons. The van der Waals surface area contributed by atoms with Crippen molar-refractivity contribution in [3.05, 3.63) is 11.6 Å². The minimum atomic E-state index is -0.478. The summed E-state index contributed by atoms with van der Waals surface area (Å²) >= 11 is 0. The molecule has 0 saturated heterocycles. The van der Waals surface area contributed by atoms with Crippen molar-refractivity contribution in [1.82, 2.24) is 15.5 Å². The number of nitrogens with one attached hydrogen (secondary N) is 2. The molecule has 196 valence electrons. The Morgan fingerprint density at radius 2 is 1.89 bits per heavy atom. The maximum atomic E-state index is 12.1. The fourth-order valence-electron chi connectivity index (χ4n) is 8.14. The van der Waals surface area contributed by atoms with E-state index in [0.29, 0.717) is 43.0 Å². The summed E-state index contributed by atoms with van der Waals surface area (Å²) in [5, 5.41) is 10.4. The van der Waals surface area contributed by atoms with Crippen LogP contribution in [0.5, 0.6) is 0 Å². The molecule has 7 heteroatoms. The molecule has 2 N–H and O–H groups in total. The Labute approximate surface area is 211 Å². The molecule has 3 fully saturated rings. The third-order valence-corrected chi connectivity index (χ3v) is 10.0. The van der Waals surface area contributed by atoms with Crippen molar-refractivity contribution in [3.8, 4) is 0 Å². The first kappa shape index (κ1) is 26.3. The van der Waals surface area contributed by atoms with Gasteiger partial charge in [-0.3, -0.25) is 9.63 Å². The molecule has 7 nitrogen and oxygen atoms in total. The second-order valence-electron chi connectivity index (χ2n) is 12.2. The molecule has 6 atom stereocenters. The number of hydrogen-bond acceptors (Lipinski definition) is 6. The van der Waals surface area contributed by atoms with E-state index in [1.165, 1.54) is 31.3 Å². The van der Waals surface area contributed by atoms with E-state index < -0.39 is 6.09 Å². The second kappa shape index (κ2) is 10.7. The highest BCUT2D eigenvalue weighted by Gasteiger charge is 2.59. The smallest absolute Gasteiger partial charge is 0.318 e. The van der Waals surface area contributed by atoms with Crippen molar-refractivity contribution in [3.63, 3.8) is 0 Å². The highest BCUT2D eigenvalue weighted by Crippen LogP contribution is 2.66. The number of fused-ring (bicyclic) bond motifs is 5. The van der Waals surface area contributed by atoms with Crippen molar-refractivity contribution in [1.29, 1.82) is 0 Å². The van der Waals surface area contributed by atoms with E-state index in [2.05, 4.69) is 34.5 Å². The first-order valence-electron chi connectivity index (χ1n) is 13.7. The number of carbonyl (C=O) groups is 2. The van der Waals surface area contributed by atoms with Crippen LogP contribution in [0.4, 0.5) is 4.79 Å². The minimum Gasteiger partial charge on any atom is -0.318 e. The van der Waals surface area contributed by atoms with Gasteiger partial charge in [0.15, 0.2) is 5.78 Å². The lowest BCUT2D eigenvalue weighted by Crippen LogP contribution is -2.51. The van der Waals surface area contributed by atoms with E-state index in [1.807, 2.05) is 27.1 Å². The molecular formula is C28H46N4O3. The van der Waals surface area contributed by atoms with Gasteiger partial charge in [-0.25, -0.2) is 4.79 Å². The normalized spacial score (nSPS) is 36.8. The summed E-state index contributed by atoms with van der Waals surface area (Å²) in [5.74, 6) is 2.80. The zero-order valence-electron chi connectivity index (χ0n) is 22.5. The van der Waals surface area contributed by atoms with Crippen LogP contribution in [0, 0.1) is 34.5 Å². The van der Waals surface area contributed by atoms with Gasteiger partial charge < -0.3 is 15.5 Å². The monoisotopic (exact) mass is 486 g/mol. The largest absolute Gasteiger partial charge is 0.433 e. The van der Waals surface area contributed by atoms with Gasteiger partial charge in [0.25, 0.3) is 0 Å². The summed E-state index contributed by atoms with van der Waals surface area (Å²) in [6.07, 6.45) is 10.3. The lowest BCUT2D eigenvalue weighted by Gasteiger charge is -2.58. The van der Waals surface area contributed by atoms with Gasteiger partial charge in [0.2, 0.25) is 0 Å². The minimum absolute atomic E-state index is 0.210. The maximum Gasteiger partial charge on any atom is 0.433 e. The summed E-state index contributed by atoms with van der Waals surface area (Å²) in [6, 6.07) is 0. The molecule has 0 bridgehead atoms. The number of oxime groups is 1. The summed E-state index contributed by atoms with van der Waals surface area (Å²) in [6.45, 7) is 10.0. The van der Waals surface area contributed by atoms with Gasteiger partial charge >= 0.3 is 6.09 Å². The number of amides is 1. The van der Waals surface area contributed by atoms with Gasteiger partial charge in [-0.2, -0.15) is 0 Å². The molecule has 4 rings (SSSR count). The molecule has 1 amide bonds. The zero-order valence-corrected chi connectivity index (χ0v) is 22.5. The summed E-state index contributed by atoms with van der Waals surface area (Å²) in [7, 11) is 4.08. The van der Waals surface area contributed by atoms with Crippen LogP contribution in [0.15, 0.2) is 16.8 Å². The Bertz CT molecular complexity index is 868. The molecule has 4 aliphatic carbocycles. The number of allylic oxidation sites excluding steroid dienone is 1. The first-order chi connectivity index (χ1) is 16.6. The predicted molar refractivity (Wildman–Crippen MR) is 139 cm³/mol. The average Bonchev–Trinajstić information content (AvgIpc) is 3.17. The third-order valence-electron chi connectivity index (χ3n) is 10.0. The molecule has 0 unspecified atom stereocenters. The van der Waals surface area contributed by atoms with Gasteiger partial charge in [-0.05, 0) is 101 Å². The molecule has 0 aromatic rings. The standard InChI is InChI=1S/C28H46N4O3/c1-19(31-35-26(34)30-15-14-29-16-17-32(4)5)23-8-9-24-22-7-6-20-18-21(33)10-12-27(20,2)25(22)11-13-28(23,24)3/h18,22-25,29H,6-17H2,1-5H3,(H,30,34)/b31-19+/t22-,23+,24-,25-,27-,28+/m0/s1. The lowest BCUT2D eigenvalue weighted by atomic mass is 9.46. The first-order valence-corrected chi connectivity index (χ1v) is 13.7. The molecule has 0 spiro atoms. The van der Waals surface area contributed by atoms with Crippen LogP contribution in [0.25, 0.3) is 0 Å². The van der Waals surface area contributed by atoms with Crippen molar-refractivity contribution in [2.75, 3.05) is 40.3 Å². The highest BCUT2D eigenvalue weighted by molar-refractivity contribution is 5.91. The fraction of sp³-hybridized carbons (Fsp3) is 0.821. The summed E-state index contributed by atoms with van der Waals surface area (Å²) in [4.78, 5) is 31.6. The van der Waals surface area contributed by atoms with E-state index in [1.54, 1.807) is 0 Å². The van der Waals surface area contributed by atoms with E-state index in [-0.39, 0.29) is 10.8 Å². The molecule has 35 heavy (non-hydrogen) atoms. The SMILES string of the molecule is C/C(=N\OC(=O)NCCNCCN(C)C)[C@H]1CC[C@H]2[C@@H]3CCC4=CC(=O)CC[C@]4(C)[C@H]3CC[C@]12C. The summed E-state index contributed by atoms with van der Waals surface area (Å²) in [5.41, 5.74) is 2.81. The fourth-order valence-corrected chi connectivity index (χ4v) is 8.14. The molecule has 0 heterocycles. The van der Waals surface area contributed by atoms with Crippen LogP contribution in [0.3, 0.4) is 0 Å². The quantitative estimate of drug-likeness (QED) is 0.230. The molecule has 0 aliphatic heterocycles. The van der Waals surface area contributed by atoms with Gasteiger partial charge in [0.05, 0.1) is 5.71 Å². The maximum absolute atomic E-state index is 12.1. The van der Waals surface area contributed by atoms with E-state index >= 15 is 0 Å². The van der Waals surface area contributed by atoms with Crippen LogP contribution in [-0.2, 0) is 9.63 Å². The summed E-state index contributed by atoms with van der Waals surface area (Å²) < 4.78 is 0. The third kappa shape index (κ3) is 5.36. The van der Waals surface area contributed by atoms with Crippen molar-refractivity contribution in [2.45, 2.75) is 72.1 Å². The van der Waals surface area contributed by atoms with Gasteiger partial charge in [0, 0.05) is 38.5 Å². The Balaban J connectivity index is 1.32. The van der Waals surface area contributed by atoms with E-state index in [9.17, 15) is 9.59 Å². The number of hydrogen-bond donors (Lipinski definition) is 2. The predicted octanol–water partition coefficient (Wildman–Crippen LogP) is 4.39. The molecule has 4 aliphatic rings. The number of nitrogens with zero attached hydrogens (tertiary/aromatic N) is 2. The van der Waals surface area contributed by atoms with Crippen molar-refractivity contribution < 1.29 is 14.4 Å². The van der Waals surface area contributed by atoms with Gasteiger partial charge in [0.1, 0.15) is 0 Å². The number of rotatable bonds is 8. The molecule has 0 aromatic carbocycles. The highest BCUT2D eigenvalue weighted by atomic mass is 16.7. The Kier molecular flexibility index (Phi) is 8.06. The van der Waals surface area contributed by atoms with E-state index in [0.717, 1.165) is 44.0 Å². The van der Waals surface area contributed by atoms with Gasteiger partial charge in [-0.1, -0.05) is 24.6 Å².